The minimum atomic E-state index is -0.298. The predicted octanol–water partition coefficient (Wildman–Crippen LogP) is 2.84. The van der Waals surface area contributed by atoms with Crippen LogP contribution in [0.5, 0.6) is 0 Å². The highest BCUT2D eigenvalue weighted by Gasteiger charge is 2.23. The molecule has 3 heterocycles. The molecule has 3 aromatic rings. The second-order valence-electron chi connectivity index (χ2n) is 6.63. The van der Waals surface area contributed by atoms with Crippen molar-refractivity contribution in [2.24, 2.45) is 5.73 Å². The van der Waals surface area contributed by atoms with Gasteiger partial charge in [-0.3, -0.25) is 4.98 Å². The summed E-state index contributed by atoms with van der Waals surface area (Å²) in [6, 6.07) is 10.3. The molecule has 1 aromatic carbocycles. The summed E-state index contributed by atoms with van der Waals surface area (Å²) in [4.78, 5) is 11.2. The molecule has 2 N–H and O–H groups in total. The molecule has 8 heteroatoms. The van der Waals surface area contributed by atoms with Gasteiger partial charge in [0.15, 0.2) is 0 Å². The highest BCUT2D eigenvalue weighted by molar-refractivity contribution is 5.85. The third-order valence-electron chi connectivity index (χ3n) is 4.70. The van der Waals surface area contributed by atoms with E-state index >= 15 is 0 Å². The van der Waals surface area contributed by atoms with E-state index in [4.69, 9.17) is 16.0 Å². The number of anilines is 1. The zero-order valence-electron chi connectivity index (χ0n) is 14.7. The normalized spacial score (nSPS) is 16.8. The number of hydrogen-bond donors (Lipinski definition) is 1. The summed E-state index contributed by atoms with van der Waals surface area (Å²) in [7, 11) is 0. The van der Waals surface area contributed by atoms with Crippen LogP contribution in [0.3, 0.4) is 0 Å². The van der Waals surface area contributed by atoms with E-state index in [1.165, 1.54) is 12.1 Å². The molecular formula is C19H20ClFN6. The molecule has 4 rings (SSSR count). The molecule has 0 radical (unpaired) electrons. The van der Waals surface area contributed by atoms with Crippen LogP contribution in [0, 0.1) is 17.1 Å². The van der Waals surface area contributed by atoms with E-state index < -0.39 is 0 Å². The molecule has 0 bridgehead atoms. The number of rotatable bonds is 3. The monoisotopic (exact) mass is 386 g/mol. The third kappa shape index (κ3) is 3.87. The Labute approximate surface area is 162 Å². The van der Waals surface area contributed by atoms with E-state index in [1.54, 1.807) is 18.3 Å². The maximum Gasteiger partial charge on any atom is 0.206 e. The molecule has 140 valence electrons. The first-order valence-electron chi connectivity index (χ1n) is 8.65. The molecule has 1 saturated heterocycles. The van der Waals surface area contributed by atoms with E-state index in [-0.39, 0.29) is 24.3 Å². The topological polar surface area (TPSA) is 83.8 Å². The lowest BCUT2D eigenvalue weighted by Crippen LogP contribution is -2.44. The van der Waals surface area contributed by atoms with Gasteiger partial charge in [0.2, 0.25) is 5.95 Å². The van der Waals surface area contributed by atoms with E-state index in [0.29, 0.717) is 12.1 Å². The van der Waals surface area contributed by atoms with Crippen molar-refractivity contribution in [3.05, 3.63) is 53.6 Å². The Bertz CT molecular complexity index is 978. The van der Waals surface area contributed by atoms with Crippen LogP contribution in [0.25, 0.3) is 11.0 Å². The zero-order valence-corrected chi connectivity index (χ0v) is 15.5. The smallest absolute Gasteiger partial charge is 0.206 e. The van der Waals surface area contributed by atoms with Gasteiger partial charge in [0.05, 0.1) is 28.8 Å². The van der Waals surface area contributed by atoms with Gasteiger partial charge in [-0.25, -0.2) is 9.37 Å². The van der Waals surface area contributed by atoms with Crippen molar-refractivity contribution in [1.82, 2.24) is 14.5 Å². The number of nitrogens with zero attached hydrogens (tertiary/aromatic N) is 5. The number of piperidine rings is 1. The zero-order chi connectivity index (χ0) is 18.1. The summed E-state index contributed by atoms with van der Waals surface area (Å²) in [5.41, 5.74) is 8.90. The molecule has 0 spiro atoms. The van der Waals surface area contributed by atoms with Gasteiger partial charge in [-0.1, -0.05) is 0 Å². The first kappa shape index (κ1) is 19.1. The largest absolute Gasteiger partial charge is 0.341 e. The minimum Gasteiger partial charge on any atom is -0.341 e. The highest BCUT2D eigenvalue weighted by atomic mass is 35.5. The molecule has 2 aromatic heterocycles. The van der Waals surface area contributed by atoms with Crippen molar-refractivity contribution in [3.63, 3.8) is 0 Å². The van der Waals surface area contributed by atoms with Gasteiger partial charge in [0.25, 0.3) is 0 Å². The molecule has 27 heavy (non-hydrogen) atoms. The molecule has 6 nitrogen and oxygen atoms in total. The fourth-order valence-corrected chi connectivity index (χ4v) is 3.42. The summed E-state index contributed by atoms with van der Waals surface area (Å²) < 4.78 is 15.8. The quantitative estimate of drug-likeness (QED) is 0.748. The second kappa shape index (κ2) is 7.91. The van der Waals surface area contributed by atoms with Crippen molar-refractivity contribution >= 4 is 29.4 Å². The summed E-state index contributed by atoms with van der Waals surface area (Å²) in [6.07, 6.45) is 3.56. The Morgan fingerprint density at radius 1 is 1.30 bits per heavy atom. The summed E-state index contributed by atoms with van der Waals surface area (Å²) >= 11 is 0. The first-order valence-corrected chi connectivity index (χ1v) is 8.65. The number of imidazole rings is 1. The molecular weight excluding hydrogens is 367 g/mol. The van der Waals surface area contributed by atoms with Crippen LogP contribution in [0.2, 0.25) is 0 Å². The van der Waals surface area contributed by atoms with Crippen LogP contribution in [0.4, 0.5) is 10.3 Å². The van der Waals surface area contributed by atoms with Crippen molar-refractivity contribution < 1.29 is 4.39 Å². The molecule has 0 amide bonds. The maximum absolute atomic E-state index is 13.8. The molecule has 1 atom stereocenters. The van der Waals surface area contributed by atoms with Crippen molar-refractivity contribution in [2.45, 2.75) is 25.4 Å². The van der Waals surface area contributed by atoms with Crippen LogP contribution in [0.1, 0.15) is 24.1 Å². The van der Waals surface area contributed by atoms with Crippen LogP contribution < -0.4 is 10.6 Å². The van der Waals surface area contributed by atoms with Gasteiger partial charge >= 0.3 is 0 Å². The summed E-state index contributed by atoms with van der Waals surface area (Å²) in [6.45, 7) is 2.06. The lowest BCUT2D eigenvalue weighted by atomic mass is 10.1. The number of nitrogens with two attached hydrogens (primary N) is 1. The number of fused-ring (bicyclic) bond motifs is 1. The lowest BCUT2D eigenvalue weighted by Gasteiger charge is -2.32. The molecule has 0 aliphatic carbocycles. The Balaban J connectivity index is 0.00000210. The van der Waals surface area contributed by atoms with E-state index in [1.807, 2.05) is 10.6 Å². The number of pyridine rings is 1. The van der Waals surface area contributed by atoms with Gasteiger partial charge in [0, 0.05) is 25.3 Å². The fourth-order valence-electron chi connectivity index (χ4n) is 3.42. The van der Waals surface area contributed by atoms with Crippen LogP contribution in [0.15, 0.2) is 36.5 Å². The Kier molecular flexibility index (Phi) is 5.59. The highest BCUT2D eigenvalue weighted by Crippen LogP contribution is 2.26. The molecule has 1 fully saturated rings. The van der Waals surface area contributed by atoms with Gasteiger partial charge in [-0.05, 0) is 43.2 Å². The number of halogens is 2. The van der Waals surface area contributed by atoms with Crippen LogP contribution in [-0.4, -0.2) is 33.7 Å². The van der Waals surface area contributed by atoms with Crippen LogP contribution in [-0.2, 0) is 6.54 Å². The fraction of sp³-hybridized carbons (Fsp3) is 0.316. The molecule has 0 saturated carbocycles. The van der Waals surface area contributed by atoms with Gasteiger partial charge in [-0.15, -0.1) is 12.4 Å². The molecule has 1 unspecified atom stereocenters. The molecule has 1 aliphatic rings. The van der Waals surface area contributed by atoms with Gasteiger partial charge < -0.3 is 15.2 Å². The number of hydrogen-bond acceptors (Lipinski definition) is 5. The SMILES string of the molecule is Cl.N#Cc1ccc(Cn2c(N3CCCC(N)C3)nc3ccc(F)cc32)nc1. The average molecular weight is 387 g/mol. The number of aromatic nitrogens is 3. The van der Waals surface area contributed by atoms with E-state index in [0.717, 1.165) is 48.6 Å². The van der Waals surface area contributed by atoms with Crippen LogP contribution >= 0.6 is 12.4 Å². The number of benzene rings is 1. The molecule has 1 aliphatic heterocycles. The summed E-state index contributed by atoms with van der Waals surface area (Å²) in [5, 5.41) is 8.93. The third-order valence-corrected chi connectivity index (χ3v) is 4.70. The minimum absolute atomic E-state index is 0. The van der Waals surface area contributed by atoms with Crippen molar-refractivity contribution in [1.29, 1.82) is 5.26 Å². The van der Waals surface area contributed by atoms with Crippen molar-refractivity contribution in [3.8, 4) is 6.07 Å². The second-order valence-corrected chi connectivity index (χ2v) is 6.63. The standard InChI is InChI=1S/C19H19FN6.ClH/c20-14-4-6-17-18(8-14)26(12-16-5-3-13(9-21)10-23-16)19(24-17)25-7-1-2-15(22)11-25;/h3-6,8,10,15H,1-2,7,11-12,22H2;1H. The van der Waals surface area contributed by atoms with E-state index in [9.17, 15) is 4.39 Å². The Morgan fingerprint density at radius 2 is 2.15 bits per heavy atom. The predicted molar refractivity (Wildman–Crippen MR) is 104 cm³/mol. The Morgan fingerprint density at radius 3 is 2.85 bits per heavy atom. The van der Waals surface area contributed by atoms with Gasteiger partial charge in [0.1, 0.15) is 11.9 Å². The maximum atomic E-state index is 13.8. The average Bonchev–Trinajstić information content (AvgIpc) is 3.00. The number of nitriles is 1. The Hall–Kier alpha value is -2.69. The van der Waals surface area contributed by atoms with Crippen molar-refractivity contribution in [2.75, 3.05) is 18.0 Å². The summed E-state index contributed by atoms with van der Waals surface area (Å²) in [5.74, 6) is 0.486. The lowest BCUT2D eigenvalue weighted by molar-refractivity contribution is 0.495. The first-order chi connectivity index (χ1) is 12.6. The van der Waals surface area contributed by atoms with E-state index in [2.05, 4.69) is 16.0 Å². The van der Waals surface area contributed by atoms with Gasteiger partial charge in [-0.2, -0.15) is 5.26 Å².